The van der Waals surface area contributed by atoms with Gasteiger partial charge in [0.2, 0.25) is 11.9 Å². The minimum absolute atomic E-state index is 0.0311. The van der Waals surface area contributed by atoms with Crippen LogP contribution in [0.25, 0.3) is 0 Å². The number of hydrogen-bond acceptors (Lipinski definition) is 6. The first-order valence-electron chi connectivity index (χ1n) is 5.30. The fourth-order valence-corrected chi connectivity index (χ4v) is 2.49. The van der Waals surface area contributed by atoms with Crippen LogP contribution in [0, 0.1) is 5.92 Å². The van der Waals surface area contributed by atoms with Crippen molar-refractivity contribution in [3.05, 3.63) is 10.3 Å². The van der Waals surface area contributed by atoms with Crippen molar-refractivity contribution in [3.8, 4) is 0 Å². The molecule has 102 valence electrons. The summed E-state index contributed by atoms with van der Waals surface area (Å²) in [6, 6.07) is 0. The number of carbonyl (C=O) groups is 2. The van der Waals surface area contributed by atoms with Crippen molar-refractivity contribution in [2.45, 2.75) is 6.42 Å². The maximum atomic E-state index is 11.9. The fraction of sp³-hybridized carbons (Fsp3) is 0.400. The van der Waals surface area contributed by atoms with E-state index in [1.165, 1.54) is 12.0 Å². The Labute approximate surface area is 118 Å². The van der Waals surface area contributed by atoms with Gasteiger partial charge in [-0.25, -0.2) is 0 Å². The van der Waals surface area contributed by atoms with Crippen molar-refractivity contribution in [1.29, 1.82) is 0 Å². The second kappa shape index (κ2) is 5.18. The van der Waals surface area contributed by atoms with Gasteiger partial charge in [0, 0.05) is 13.0 Å². The third-order valence-electron chi connectivity index (χ3n) is 2.75. The molecule has 9 heteroatoms. The number of nitrogens with two attached hydrogens (primary N) is 1. The van der Waals surface area contributed by atoms with Crippen LogP contribution in [0.3, 0.4) is 0 Å². The van der Waals surface area contributed by atoms with Crippen LogP contribution in [-0.4, -0.2) is 35.5 Å². The molecule has 1 aromatic heterocycles. The first kappa shape index (κ1) is 13.8. The van der Waals surface area contributed by atoms with E-state index in [2.05, 4.69) is 14.7 Å². The number of ether oxygens (including phenoxy) is 1. The van der Waals surface area contributed by atoms with E-state index in [0.29, 0.717) is 0 Å². The highest BCUT2D eigenvalue weighted by Gasteiger charge is 2.38. The van der Waals surface area contributed by atoms with Gasteiger partial charge in [-0.2, -0.15) is 9.97 Å². The zero-order chi connectivity index (χ0) is 14.2. The van der Waals surface area contributed by atoms with Gasteiger partial charge in [0.1, 0.15) is 5.69 Å². The second-order valence-electron chi connectivity index (χ2n) is 3.94. The quantitative estimate of drug-likeness (QED) is 0.643. The Morgan fingerprint density at radius 3 is 2.53 bits per heavy atom. The summed E-state index contributed by atoms with van der Waals surface area (Å²) in [5.41, 5.74) is 5.55. The smallest absolute Gasteiger partial charge is 0.311 e. The number of nitrogens with zero attached hydrogens (tertiary/aromatic N) is 3. The van der Waals surface area contributed by atoms with Gasteiger partial charge >= 0.3 is 5.97 Å². The summed E-state index contributed by atoms with van der Waals surface area (Å²) in [4.78, 5) is 32.1. The summed E-state index contributed by atoms with van der Waals surface area (Å²) in [7, 11) is 1.27. The van der Waals surface area contributed by atoms with E-state index in [-0.39, 0.29) is 40.8 Å². The second-order valence-corrected chi connectivity index (χ2v) is 4.66. The summed E-state index contributed by atoms with van der Waals surface area (Å²) in [5, 5.41) is -0.0623. The lowest BCUT2D eigenvalue weighted by molar-refractivity contribution is -0.145. The molecular weight excluding hydrogens is 295 g/mol. The van der Waals surface area contributed by atoms with E-state index in [4.69, 9.17) is 28.9 Å². The van der Waals surface area contributed by atoms with E-state index < -0.39 is 11.9 Å². The highest BCUT2D eigenvalue weighted by Crippen LogP contribution is 2.35. The molecule has 2 rings (SSSR count). The molecule has 0 aromatic carbocycles. The Kier molecular flexibility index (Phi) is 3.77. The van der Waals surface area contributed by atoms with Crippen LogP contribution >= 0.6 is 23.2 Å². The van der Waals surface area contributed by atoms with Gasteiger partial charge in [0.05, 0.1) is 13.0 Å². The molecule has 0 saturated carbocycles. The number of anilines is 2. The largest absolute Gasteiger partial charge is 0.469 e. The average molecular weight is 305 g/mol. The molecule has 0 aliphatic carbocycles. The van der Waals surface area contributed by atoms with E-state index in [0.717, 1.165) is 0 Å². The highest BCUT2D eigenvalue weighted by atomic mass is 35.5. The first-order valence-corrected chi connectivity index (χ1v) is 6.06. The molecule has 1 aliphatic heterocycles. The highest BCUT2D eigenvalue weighted by molar-refractivity contribution is 6.38. The number of rotatable bonds is 2. The number of methoxy groups -OCH3 is 1. The summed E-state index contributed by atoms with van der Waals surface area (Å²) < 4.78 is 4.61. The van der Waals surface area contributed by atoms with Crippen LogP contribution in [0.15, 0.2) is 0 Å². The molecule has 0 bridgehead atoms. The number of hydrogen-bond donors (Lipinski definition) is 1. The first-order chi connectivity index (χ1) is 8.93. The Bertz CT molecular complexity index is 529. The fourth-order valence-electron chi connectivity index (χ4n) is 1.89. The summed E-state index contributed by atoms with van der Waals surface area (Å²) in [6.45, 7) is 0.123. The molecule has 1 aliphatic rings. The molecule has 0 radical (unpaired) electrons. The van der Waals surface area contributed by atoms with Crippen molar-refractivity contribution < 1.29 is 14.3 Å². The maximum absolute atomic E-state index is 11.9. The number of amides is 1. The van der Waals surface area contributed by atoms with Crippen molar-refractivity contribution in [1.82, 2.24) is 9.97 Å². The summed E-state index contributed by atoms with van der Waals surface area (Å²) in [5.74, 6) is -1.40. The van der Waals surface area contributed by atoms with Gasteiger partial charge in [-0.3, -0.25) is 9.59 Å². The molecule has 1 atom stereocenters. The van der Waals surface area contributed by atoms with Crippen LogP contribution in [-0.2, 0) is 14.3 Å². The number of carbonyl (C=O) groups excluding carboxylic acids is 2. The molecular formula is C10H10Cl2N4O3. The minimum atomic E-state index is -0.554. The van der Waals surface area contributed by atoms with Crippen molar-refractivity contribution >= 4 is 46.7 Å². The Hall–Kier alpha value is -1.60. The van der Waals surface area contributed by atoms with Crippen molar-refractivity contribution in [3.63, 3.8) is 0 Å². The Balaban J connectivity index is 2.33. The van der Waals surface area contributed by atoms with E-state index in [1.54, 1.807) is 0 Å². The third-order valence-corrected chi connectivity index (χ3v) is 3.27. The van der Waals surface area contributed by atoms with Crippen LogP contribution in [0.5, 0.6) is 0 Å². The van der Waals surface area contributed by atoms with Crippen LogP contribution in [0.2, 0.25) is 10.3 Å². The lowest BCUT2D eigenvalue weighted by Crippen LogP contribution is -2.27. The molecule has 2 N–H and O–H groups in total. The summed E-state index contributed by atoms with van der Waals surface area (Å²) >= 11 is 11.8. The maximum Gasteiger partial charge on any atom is 0.311 e. The van der Waals surface area contributed by atoms with E-state index in [9.17, 15) is 9.59 Å². The molecule has 1 amide bonds. The molecule has 2 heterocycles. The van der Waals surface area contributed by atoms with E-state index >= 15 is 0 Å². The number of aromatic nitrogens is 2. The minimum Gasteiger partial charge on any atom is -0.469 e. The summed E-state index contributed by atoms with van der Waals surface area (Å²) in [6.07, 6.45) is 0.0315. The molecule has 19 heavy (non-hydrogen) atoms. The Morgan fingerprint density at radius 1 is 1.42 bits per heavy atom. The molecule has 0 spiro atoms. The van der Waals surface area contributed by atoms with Crippen LogP contribution in [0.1, 0.15) is 6.42 Å². The normalized spacial score (nSPS) is 18.8. The van der Waals surface area contributed by atoms with Gasteiger partial charge in [-0.15, -0.1) is 0 Å². The number of nitrogen functional groups attached to an aromatic ring is 1. The predicted octanol–water partition coefficient (Wildman–Crippen LogP) is 0.892. The van der Waals surface area contributed by atoms with Crippen molar-refractivity contribution in [2.75, 3.05) is 24.3 Å². The molecule has 1 unspecified atom stereocenters. The van der Waals surface area contributed by atoms with Crippen LogP contribution in [0.4, 0.5) is 11.6 Å². The molecule has 1 saturated heterocycles. The van der Waals surface area contributed by atoms with Gasteiger partial charge in [0.15, 0.2) is 10.3 Å². The van der Waals surface area contributed by atoms with Crippen LogP contribution < -0.4 is 10.6 Å². The van der Waals surface area contributed by atoms with Gasteiger partial charge in [0.25, 0.3) is 0 Å². The SMILES string of the molecule is COC(=O)C1CC(=O)N(c2c(Cl)nc(N)nc2Cl)C1. The van der Waals surface area contributed by atoms with Gasteiger partial charge in [-0.1, -0.05) is 23.2 Å². The third kappa shape index (κ3) is 2.57. The number of esters is 1. The van der Waals surface area contributed by atoms with Gasteiger partial charge in [-0.05, 0) is 0 Å². The van der Waals surface area contributed by atoms with E-state index in [1.807, 2.05) is 0 Å². The average Bonchev–Trinajstić information content (AvgIpc) is 2.69. The lowest BCUT2D eigenvalue weighted by atomic mass is 10.1. The monoisotopic (exact) mass is 304 g/mol. The standard InChI is InChI=1S/C10H10Cl2N4O3/c1-19-9(18)4-2-5(17)16(3-4)6-7(11)14-10(13)15-8(6)12/h4H,2-3H2,1H3,(H2,13,14,15). The number of halogens is 2. The zero-order valence-electron chi connectivity index (χ0n) is 9.89. The van der Waals surface area contributed by atoms with Crippen molar-refractivity contribution in [2.24, 2.45) is 5.92 Å². The molecule has 1 aromatic rings. The lowest BCUT2D eigenvalue weighted by Gasteiger charge is -2.18. The predicted molar refractivity (Wildman–Crippen MR) is 68.9 cm³/mol. The molecule has 1 fully saturated rings. The molecule has 7 nitrogen and oxygen atoms in total. The van der Waals surface area contributed by atoms with Gasteiger partial charge < -0.3 is 15.4 Å². The zero-order valence-corrected chi connectivity index (χ0v) is 11.4. The Morgan fingerprint density at radius 2 is 2.00 bits per heavy atom. The topological polar surface area (TPSA) is 98.4 Å².